The van der Waals surface area contributed by atoms with Gasteiger partial charge in [-0.2, -0.15) is 0 Å². The molecule has 1 aliphatic rings. The Hall–Kier alpha value is -2.66. The molecule has 0 aromatic heterocycles. The number of aryl methyl sites for hydroxylation is 2. The summed E-state index contributed by atoms with van der Waals surface area (Å²) >= 11 is 0. The molecule has 5 heteroatoms. The monoisotopic (exact) mass is 563 g/mol. The molecule has 5 nitrogen and oxygen atoms in total. The van der Waals surface area contributed by atoms with Gasteiger partial charge >= 0.3 is 5.97 Å². The van der Waals surface area contributed by atoms with E-state index < -0.39 is 12.0 Å². The van der Waals surface area contributed by atoms with E-state index in [0.29, 0.717) is 24.3 Å². The lowest BCUT2D eigenvalue weighted by Crippen LogP contribution is -2.40. The van der Waals surface area contributed by atoms with Gasteiger partial charge in [-0.25, -0.2) is 4.79 Å². The van der Waals surface area contributed by atoms with Crippen molar-refractivity contribution in [1.29, 1.82) is 0 Å². The molecule has 0 spiro atoms. The number of unbranched alkanes of at least 4 members (excludes halogenated alkanes) is 1. The number of rotatable bonds is 15. The minimum atomic E-state index is -0.996. The van der Waals surface area contributed by atoms with E-state index in [0.717, 1.165) is 48.5 Å². The Balaban J connectivity index is 1.70. The Morgan fingerprint density at radius 3 is 2.39 bits per heavy atom. The van der Waals surface area contributed by atoms with Crippen LogP contribution in [0.3, 0.4) is 0 Å². The normalized spacial score (nSPS) is 15.8. The summed E-state index contributed by atoms with van der Waals surface area (Å²) in [6.07, 6.45) is 13.7. The molecule has 0 heterocycles. The number of carbonyl (C=O) groups excluding carboxylic acids is 1. The molecule has 2 aromatic rings. The number of carboxylic acids is 1. The number of nitrogens with one attached hydrogen (secondary N) is 1. The van der Waals surface area contributed by atoms with E-state index in [2.05, 4.69) is 32.2 Å². The number of carbonyl (C=O) groups is 2. The highest BCUT2D eigenvalue weighted by molar-refractivity contribution is 6.02. The first kappa shape index (κ1) is 32.8. The third kappa shape index (κ3) is 10.9. The standard InChI is InChI=1S/C36H53NO4/c1-6-14-33(35(39)40)37-34(38)31-22-21-28(24-32(31)30-20-13-10-15-26(30)2)18-11-12-19-29(25-41-36(3,4)5)23-27-16-8-7-9-17-27/h10,13,15,20-22,24,27,29,33H,6-9,11-12,14,16-19,23,25H2,1-5H3,(H,37,38)(H,39,40)/t29-,33+/m1/s1. The summed E-state index contributed by atoms with van der Waals surface area (Å²) in [6, 6.07) is 13.2. The average Bonchev–Trinajstić information content (AvgIpc) is 2.93. The quantitative estimate of drug-likeness (QED) is 0.212. The number of benzene rings is 2. The maximum absolute atomic E-state index is 13.3. The maximum atomic E-state index is 13.3. The fraction of sp³-hybridized carbons (Fsp3) is 0.611. The van der Waals surface area contributed by atoms with Crippen LogP contribution in [0.4, 0.5) is 0 Å². The molecule has 3 rings (SSSR count). The predicted molar refractivity (Wildman–Crippen MR) is 168 cm³/mol. The van der Waals surface area contributed by atoms with Gasteiger partial charge in [-0.15, -0.1) is 0 Å². The van der Waals surface area contributed by atoms with E-state index in [1.807, 2.05) is 50.2 Å². The molecule has 2 aromatic carbocycles. The molecule has 1 fully saturated rings. The lowest BCUT2D eigenvalue weighted by atomic mass is 9.81. The highest BCUT2D eigenvalue weighted by atomic mass is 16.5. The van der Waals surface area contributed by atoms with Crippen LogP contribution >= 0.6 is 0 Å². The van der Waals surface area contributed by atoms with Crippen LogP contribution in [0.25, 0.3) is 11.1 Å². The second-order valence-electron chi connectivity index (χ2n) is 13.1. The van der Waals surface area contributed by atoms with Crippen molar-refractivity contribution < 1.29 is 19.4 Å². The van der Waals surface area contributed by atoms with Gasteiger partial charge in [0.05, 0.1) is 12.2 Å². The minimum Gasteiger partial charge on any atom is -0.480 e. The second kappa shape index (κ2) is 16.1. The molecule has 2 atom stereocenters. The van der Waals surface area contributed by atoms with Crippen LogP contribution in [0, 0.1) is 18.8 Å². The van der Waals surface area contributed by atoms with Gasteiger partial charge < -0.3 is 15.2 Å². The first-order valence-electron chi connectivity index (χ1n) is 15.9. The first-order valence-corrected chi connectivity index (χ1v) is 15.9. The zero-order valence-electron chi connectivity index (χ0n) is 26.1. The van der Waals surface area contributed by atoms with E-state index in [9.17, 15) is 14.7 Å². The Morgan fingerprint density at radius 2 is 1.73 bits per heavy atom. The van der Waals surface area contributed by atoms with Gasteiger partial charge in [0.2, 0.25) is 0 Å². The van der Waals surface area contributed by atoms with Crippen LogP contribution in [-0.2, 0) is 16.0 Å². The lowest BCUT2D eigenvalue weighted by Gasteiger charge is -2.29. The molecule has 41 heavy (non-hydrogen) atoms. The molecule has 0 saturated heterocycles. The smallest absolute Gasteiger partial charge is 0.326 e. The Bertz CT molecular complexity index is 1110. The third-order valence-electron chi connectivity index (χ3n) is 8.42. The van der Waals surface area contributed by atoms with Gasteiger partial charge in [0.25, 0.3) is 5.91 Å². The summed E-state index contributed by atoms with van der Waals surface area (Å²) in [6.45, 7) is 11.2. The number of hydrogen-bond donors (Lipinski definition) is 2. The Morgan fingerprint density at radius 1 is 1.00 bits per heavy atom. The minimum absolute atomic E-state index is 0.105. The van der Waals surface area contributed by atoms with E-state index in [1.165, 1.54) is 50.5 Å². The third-order valence-corrected chi connectivity index (χ3v) is 8.42. The maximum Gasteiger partial charge on any atom is 0.326 e. The van der Waals surface area contributed by atoms with Gasteiger partial charge in [-0.05, 0) is 100.0 Å². The summed E-state index contributed by atoms with van der Waals surface area (Å²) in [5.74, 6) is 0.131. The van der Waals surface area contributed by atoms with E-state index in [-0.39, 0.29) is 11.5 Å². The summed E-state index contributed by atoms with van der Waals surface area (Å²) in [7, 11) is 0. The van der Waals surface area contributed by atoms with Crippen LogP contribution in [-0.4, -0.2) is 35.2 Å². The molecule has 1 saturated carbocycles. The number of ether oxygens (including phenoxy) is 1. The average molecular weight is 564 g/mol. The zero-order chi connectivity index (χ0) is 29.8. The topological polar surface area (TPSA) is 75.6 Å². The fourth-order valence-corrected chi connectivity index (χ4v) is 6.12. The summed E-state index contributed by atoms with van der Waals surface area (Å²) < 4.78 is 6.24. The van der Waals surface area contributed by atoms with E-state index >= 15 is 0 Å². The van der Waals surface area contributed by atoms with Gasteiger partial charge in [0.15, 0.2) is 0 Å². The predicted octanol–water partition coefficient (Wildman–Crippen LogP) is 8.76. The zero-order valence-corrected chi connectivity index (χ0v) is 26.1. The van der Waals surface area contributed by atoms with Crippen molar-refractivity contribution in [3.8, 4) is 11.1 Å². The van der Waals surface area contributed by atoms with Crippen molar-refractivity contribution in [2.24, 2.45) is 11.8 Å². The number of aliphatic carboxylic acids is 1. The van der Waals surface area contributed by atoms with Crippen molar-refractivity contribution in [1.82, 2.24) is 5.32 Å². The SMILES string of the molecule is CCC[C@H](NC(=O)c1ccc(CCCC[C@@H](COC(C)(C)C)CC2CCCCC2)cc1-c1ccccc1C)C(=O)O. The van der Waals surface area contributed by atoms with E-state index in [1.54, 1.807) is 0 Å². The van der Waals surface area contributed by atoms with Crippen molar-refractivity contribution >= 4 is 11.9 Å². The van der Waals surface area contributed by atoms with Crippen LogP contribution < -0.4 is 5.32 Å². The second-order valence-corrected chi connectivity index (χ2v) is 13.1. The molecule has 0 radical (unpaired) electrons. The van der Waals surface area contributed by atoms with Crippen LogP contribution in [0.15, 0.2) is 42.5 Å². The van der Waals surface area contributed by atoms with Crippen LogP contribution in [0.2, 0.25) is 0 Å². The van der Waals surface area contributed by atoms with Crippen molar-refractivity contribution in [2.75, 3.05) is 6.61 Å². The largest absolute Gasteiger partial charge is 0.480 e. The fourth-order valence-electron chi connectivity index (χ4n) is 6.12. The molecule has 0 aliphatic heterocycles. The highest BCUT2D eigenvalue weighted by Crippen LogP contribution is 2.32. The molecule has 1 aliphatic carbocycles. The van der Waals surface area contributed by atoms with Crippen molar-refractivity contribution in [3.05, 3.63) is 59.2 Å². The molecule has 1 amide bonds. The van der Waals surface area contributed by atoms with Crippen LogP contribution in [0.1, 0.15) is 120 Å². The number of amides is 1. The lowest BCUT2D eigenvalue weighted by molar-refractivity contribution is -0.139. The Kier molecular flexibility index (Phi) is 12.9. The summed E-state index contributed by atoms with van der Waals surface area (Å²) in [5.41, 5.74) is 4.59. The summed E-state index contributed by atoms with van der Waals surface area (Å²) in [4.78, 5) is 25.0. The molecule has 226 valence electrons. The van der Waals surface area contributed by atoms with Gasteiger partial charge in [-0.3, -0.25) is 4.79 Å². The molecular formula is C36H53NO4. The van der Waals surface area contributed by atoms with Gasteiger partial charge in [-0.1, -0.05) is 88.3 Å². The van der Waals surface area contributed by atoms with Crippen molar-refractivity contribution in [3.63, 3.8) is 0 Å². The van der Waals surface area contributed by atoms with Gasteiger partial charge in [0, 0.05) is 5.56 Å². The van der Waals surface area contributed by atoms with Gasteiger partial charge in [0.1, 0.15) is 6.04 Å². The van der Waals surface area contributed by atoms with Crippen LogP contribution in [0.5, 0.6) is 0 Å². The van der Waals surface area contributed by atoms with E-state index in [4.69, 9.17) is 4.74 Å². The number of hydrogen-bond acceptors (Lipinski definition) is 3. The highest BCUT2D eigenvalue weighted by Gasteiger charge is 2.23. The molecule has 0 unspecified atom stereocenters. The molecule has 2 N–H and O–H groups in total. The molecular weight excluding hydrogens is 510 g/mol. The number of carboxylic acid groups (broad SMARTS) is 1. The molecule has 0 bridgehead atoms. The Labute approximate surface area is 248 Å². The summed E-state index contributed by atoms with van der Waals surface area (Å²) in [5, 5.41) is 12.3. The van der Waals surface area contributed by atoms with Crippen molar-refractivity contribution in [2.45, 2.75) is 123 Å². The first-order chi connectivity index (χ1) is 19.6.